The van der Waals surface area contributed by atoms with E-state index in [1.807, 2.05) is 50.2 Å². The number of benzene rings is 2. The van der Waals surface area contributed by atoms with E-state index in [1.54, 1.807) is 4.57 Å². The maximum absolute atomic E-state index is 12.3. The van der Waals surface area contributed by atoms with Gasteiger partial charge in [-0.25, -0.2) is 4.98 Å². The summed E-state index contributed by atoms with van der Waals surface area (Å²) in [6.07, 6.45) is 8.25. The molecule has 4 aliphatic rings. The van der Waals surface area contributed by atoms with Crippen LogP contribution in [0.1, 0.15) is 75.3 Å². The van der Waals surface area contributed by atoms with Gasteiger partial charge >= 0.3 is 0 Å². The number of aromatic nitrogens is 2. The van der Waals surface area contributed by atoms with Crippen LogP contribution in [0.3, 0.4) is 0 Å². The summed E-state index contributed by atoms with van der Waals surface area (Å²) in [6, 6.07) is 11.8. The van der Waals surface area contributed by atoms with E-state index in [0.717, 1.165) is 53.7 Å². The van der Waals surface area contributed by atoms with Crippen LogP contribution in [0.5, 0.6) is 0 Å². The number of aryl methyl sites for hydroxylation is 3. The number of nitrogens with zero attached hydrogens (tertiary/aromatic N) is 2. The van der Waals surface area contributed by atoms with Crippen LogP contribution in [0.25, 0.3) is 11.0 Å². The highest BCUT2D eigenvalue weighted by Gasteiger charge is 2.46. The molecule has 0 radical (unpaired) electrons. The van der Waals surface area contributed by atoms with Gasteiger partial charge in [0.1, 0.15) is 0 Å². The Kier molecular flexibility index (Phi) is 9.94. The van der Waals surface area contributed by atoms with E-state index in [-0.39, 0.29) is 5.56 Å². The monoisotopic (exact) mass is 650 g/mol. The predicted octanol–water partition coefficient (Wildman–Crippen LogP) is 4.57. The first-order valence-electron chi connectivity index (χ1n) is 17.1. The summed E-state index contributed by atoms with van der Waals surface area (Å²) >= 11 is 0. The molecule has 47 heavy (non-hydrogen) atoms. The Bertz CT molecular complexity index is 1580. The minimum atomic E-state index is -0.778. The Hall–Kier alpha value is -3.06. The van der Waals surface area contributed by atoms with Crippen LogP contribution in [0, 0.1) is 13.8 Å². The molecule has 0 amide bonds. The maximum atomic E-state index is 12.3. The number of nitrogens with two attached hydrogens (primary N) is 1. The first kappa shape index (κ1) is 33.8. The molecule has 3 aromatic rings. The van der Waals surface area contributed by atoms with Gasteiger partial charge in [-0.3, -0.25) is 4.79 Å². The first-order chi connectivity index (χ1) is 22.5. The third-order valence-corrected chi connectivity index (χ3v) is 10.4. The van der Waals surface area contributed by atoms with Crippen molar-refractivity contribution in [2.75, 3.05) is 44.0 Å². The summed E-state index contributed by atoms with van der Waals surface area (Å²) in [5.41, 5.74) is 9.99. The number of ether oxygens (including phenoxy) is 4. The van der Waals surface area contributed by atoms with E-state index in [9.17, 15) is 15.0 Å². The number of hydrogen-bond donors (Lipinski definition) is 4. The molecule has 4 fully saturated rings. The second kappa shape index (κ2) is 13.8. The average molecular weight is 651 g/mol. The second-order valence-corrected chi connectivity index (χ2v) is 13.9. The van der Waals surface area contributed by atoms with Crippen molar-refractivity contribution in [1.82, 2.24) is 9.55 Å². The Labute approximate surface area is 276 Å². The first-order valence-corrected chi connectivity index (χ1v) is 17.1. The fourth-order valence-electron chi connectivity index (χ4n) is 7.34. The van der Waals surface area contributed by atoms with Crippen molar-refractivity contribution < 1.29 is 29.2 Å². The number of nitrogen functional groups attached to an aromatic ring is 1. The minimum absolute atomic E-state index is 0.128. The smallest absolute Gasteiger partial charge is 0.269 e. The lowest BCUT2D eigenvalue weighted by Gasteiger charge is -2.40. The van der Waals surface area contributed by atoms with Crippen molar-refractivity contribution >= 4 is 22.4 Å². The van der Waals surface area contributed by atoms with Crippen LogP contribution in [0.15, 0.2) is 47.4 Å². The van der Waals surface area contributed by atoms with E-state index in [1.165, 1.54) is 11.8 Å². The third-order valence-electron chi connectivity index (χ3n) is 10.4. The van der Waals surface area contributed by atoms with Gasteiger partial charge in [0.15, 0.2) is 11.6 Å². The average Bonchev–Trinajstić information content (AvgIpc) is 3.73. The lowest BCUT2D eigenvalue weighted by atomic mass is 9.79. The van der Waals surface area contributed by atoms with Gasteiger partial charge in [-0.15, -0.1) is 0 Å². The summed E-state index contributed by atoms with van der Waals surface area (Å²) in [6.45, 7) is 7.84. The van der Waals surface area contributed by atoms with Crippen LogP contribution in [0.4, 0.5) is 11.4 Å². The van der Waals surface area contributed by atoms with Crippen molar-refractivity contribution in [3.63, 3.8) is 0 Å². The van der Waals surface area contributed by atoms with E-state index in [4.69, 9.17) is 24.7 Å². The fraction of sp³-hybridized carbons (Fsp3) is 0.611. The van der Waals surface area contributed by atoms with Crippen LogP contribution in [0.2, 0.25) is 0 Å². The number of rotatable bonds is 7. The normalized spacial score (nSPS) is 24.3. The molecule has 256 valence electrons. The predicted molar refractivity (Wildman–Crippen MR) is 180 cm³/mol. The highest BCUT2D eigenvalue weighted by Crippen LogP contribution is 2.43. The minimum Gasteiger partial charge on any atom is -0.397 e. The van der Waals surface area contributed by atoms with E-state index < -0.39 is 22.8 Å². The summed E-state index contributed by atoms with van der Waals surface area (Å²) in [5, 5.41) is 25.0. The molecule has 5 N–H and O–H groups in total. The molecule has 2 aliphatic heterocycles. The summed E-state index contributed by atoms with van der Waals surface area (Å²) in [4.78, 5) is 16.5. The number of aliphatic hydroxyl groups is 2. The molecular formula is C36H50N4O7. The number of anilines is 2. The molecule has 2 saturated carbocycles. The molecular weight excluding hydrogens is 600 g/mol. The molecule has 2 saturated heterocycles. The van der Waals surface area contributed by atoms with Crippen LogP contribution < -0.4 is 16.6 Å². The zero-order valence-corrected chi connectivity index (χ0v) is 27.8. The van der Waals surface area contributed by atoms with Gasteiger partial charge in [0.05, 0.1) is 66.2 Å². The zero-order valence-electron chi connectivity index (χ0n) is 27.8. The standard InChI is InChI=1S/C19H24N2O4.C17H26N2O3/c1-14-2-3-15-16(12-14)21(17(22)13-20-15)9-8-18(23)4-6-19(7-5-18)24-10-11-25-19;1-13-2-3-14(18)15(12-13)19-9-8-16(20)4-6-17(7-5-16)21-10-11-22-17/h2-3,12-13,23H,4-11H2,1H3;2-3,12,19-20H,4-11,18H2,1H3. The Balaban J connectivity index is 0.000000166. The van der Waals surface area contributed by atoms with Crippen molar-refractivity contribution in [3.05, 3.63) is 64.1 Å². The molecule has 0 atom stereocenters. The van der Waals surface area contributed by atoms with Crippen LogP contribution in [-0.2, 0) is 25.5 Å². The molecule has 11 heteroatoms. The lowest BCUT2D eigenvalue weighted by molar-refractivity contribution is -0.203. The second-order valence-electron chi connectivity index (χ2n) is 13.9. The van der Waals surface area contributed by atoms with Gasteiger partial charge in [0.25, 0.3) is 5.56 Å². The van der Waals surface area contributed by atoms with E-state index >= 15 is 0 Å². The van der Waals surface area contributed by atoms with E-state index in [0.29, 0.717) is 78.0 Å². The zero-order chi connectivity index (χ0) is 33.1. The van der Waals surface area contributed by atoms with Crippen molar-refractivity contribution in [1.29, 1.82) is 0 Å². The Morgan fingerprint density at radius 2 is 1.32 bits per heavy atom. The van der Waals surface area contributed by atoms with Crippen LogP contribution in [-0.4, -0.2) is 75.5 Å². The van der Waals surface area contributed by atoms with Crippen LogP contribution >= 0.6 is 0 Å². The molecule has 2 spiro atoms. The molecule has 2 aromatic carbocycles. The maximum Gasteiger partial charge on any atom is 0.269 e. The fourth-order valence-corrected chi connectivity index (χ4v) is 7.34. The van der Waals surface area contributed by atoms with Crippen molar-refractivity contribution in [3.8, 4) is 0 Å². The van der Waals surface area contributed by atoms with Crippen molar-refractivity contribution in [2.24, 2.45) is 0 Å². The molecule has 7 rings (SSSR count). The Morgan fingerprint density at radius 3 is 1.91 bits per heavy atom. The van der Waals surface area contributed by atoms with Gasteiger partial charge < -0.3 is 44.8 Å². The molecule has 2 aliphatic carbocycles. The highest BCUT2D eigenvalue weighted by atomic mass is 16.7. The third kappa shape index (κ3) is 7.98. The van der Waals surface area contributed by atoms with E-state index in [2.05, 4.69) is 10.3 Å². The van der Waals surface area contributed by atoms with Gasteiger partial charge in [0.2, 0.25) is 0 Å². The quantitative estimate of drug-likeness (QED) is 0.268. The summed E-state index contributed by atoms with van der Waals surface area (Å²) in [5.74, 6) is -0.899. The molecule has 0 bridgehead atoms. The molecule has 1 aromatic heterocycles. The van der Waals surface area contributed by atoms with Crippen molar-refractivity contribution in [2.45, 2.75) is 107 Å². The van der Waals surface area contributed by atoms with Gasteiger partial charge in [0, 0.05) is 38.8 Å². The van der Waals surface area contributed by atoms with Gasteiger partial charge in [-0.2, -0.15) is 0 Å². The topological polar surface area (TPSA) is 150 Å². The number of fused-ring (bicyclic) bond motifs is 1. The molecule has 3 heterocycles. The summed E-state index contributed by atoms with van der Waals surface area (Å²) < 4.78 is 24.6. The lowest BCUT2D eigenvalue weighted by Crippen LogP contribution is -2.44. The molecule has 11 nitrogen and oxygen atoms in total. The molecule has 0 unspecified atom stereocenters. The number of nitrogens with one attached hydrogen (secondary N) is 1. The van der Waals surface area contributed by atoms with Gasteiger partial charge in [-0.1, -0.05) is 12.1 Å². The summed E-state index contributed by atoms with van der Waals surface area (Å²) in [7, 11) is 0. The largest absolute Gasteiger partial charge is 0.397 e. The SMILES string of the molecule is Cc1ccc(N)c(NCCC2(O)CCC3(CC2)OCCO3)c1.Cc1ccc2ncc(=O)n(CCC3(O)CCC4(CC3)OCCO4)c2c1. The number of hydrogen-bond acceptors (Lipinski definition) is 10. The van der Waals surface area contributed by atoms with Gasteiger partial charge in [-0.05, 0) is 87.8 Å². The Morgan fingerprint density at radius 1 is 0.787 bits per heavy atom. The highest BCUT2D eigenvalue weighted by molar-refractivity contribution is 5.75.